The Labute approximate surface area is 185 Å². The lowest BCUT2D eigenvalue weighted by Crippen LogP contribution is -2.22. The summed E-state index contributed by atoms with van der Waals surface area (Å²) >= 11 is 0. The second-order valence-electron chi connectivity index (χ2n) is 7.20. The molecule has 9 heteroatoms. The Morgan fingerprint density at radius 1 is 1.03 bits per heavy atom. The van der Waals surface area contributed by atoms with Gasteiger partial charge in [0.25, 0.3) is 5.91 Å². The summed E-state index contributed by atoms with van der Waals surface area (Å²) < 4.78 is 36.6. The number of fused-ring (bicyclic) bond motifs is 1. The van der Waals surface area contributed by atoms with E-state index in [-0.39, 0.29) is 10.8 Å². The number of sulfonamides is 1. The maximum Gasteiger partial charge on any atom is 0.255 e. The minimum Gasteiger partial charge on any atom is -0.497 e. The van der Waals surface area contributed by atoms with Crippen molar-refractivity contribution in [1.82, 2.24) is 9.29 Å². The van der Waals surface area contributed by atoms with Crippen molar-refractivity contribution in [2.75, 3.05) is 26.5 Å². The van der Waals surface area contributed by atoms with Crippen molar-refractivity contribution in [2.24, 2.45) is 0 Å². The summed E-state index contributed by atoms with van der Waals surface area (Å²) in [5.41, 5.74) is 2.81. The number of hydrogen-bond acceptors (Lipinski definition) is 6. The SMILES string of the molecule is COc1cccc(-c2nc3ccc(NC(=O)c4ccc(S(=O)(=O)N(C)C)cc4)cc3o2)c1. The van der Waals surface area contributed by atoms with Crippen LogP contribution in [0, 0.1) is 0 Å². The first-order valence-corrected chi connectivity index (χ1v) is 11.1. The van der Waals surface area contributed by atoms with Crippen LogP contribution < -0.4 is 10.1 Å². The monoisotopic (exact) mass is 451 g/mol. The average Bonchev–Trinajstić information content (AvgIpc) is 3.22. The summed E-state index contributed by atoms with van der Waals surface area (Å²) in [5.74, 6) is 0.771. The van der Waals surface area contributed by atoms with Crippen molar-refractivity contribution in [1.29, 1.82) is 0 Å². The van der Waals surface area contributed by atoms with Crippen LogP contribution in [0.4, 0.5) is 5.69 Å². The van der Waals surface area contributed by atoms with E-state index < -0.39 is 10.0 Å². The molecule has 4 rings (SSSR count). The van der Waals surface area contributed by atoms with E-state index in [0.717, 1.165) is 9.87 Å². The third kappa shape index (κ3) is 4.20. The summed E-state index contributed by atoms with van der Waals surface area (Å²) in [6, 6.07) is 18.3. The van der Waals surface area contributed by atoms with Crippen molar-refractivity contribution in [3.63, 3.8) is 0 Å². The zero-order valence-corrected chi connectivity index (χ0v) is 18.5. The van der Waals surface area contributed by atoms with Crippen LogP contribution in [0.2, 0.25) is 0 Å². The van der Waals surface area contributed by atoms with E-state index in [2.05, 4.69) is 10.3 Å². The Balaban J connectivity index is 1.55. The molecule has 164 valence electrons. The van der Waals surface area contributed by atoms with Gasteiger partial charge in [-0.25, -0.2) is 17.7 Å². The highest BCUT2D eigenvalue weighted by atomic mass is 32.2. The molecule has 1 heterocycles. The van der Waals surface area contributed by atoms with Crippen LogP contribution in [0.3, 0.4) is 0 Å². The molecule has 8 nitrogen and oxygen atoms in total. The van der Waals surface area contributed by atoms with Crippen LogP contribution in [-0.4, -0.2) is 44.8 Å². The van der Waals surface area contributed by atoms with Gasteiger partial charge < -0.3 is 14.5 Å². The standard InChI is InChI=1S/C23H21N3O5S/c1-26(2)32(28,29)19-10-7-15(8-11-19)22(27)24-17-9-12-20-21(14-17)31-23(25-20)16-5-4-6-18(13-16)30-3/h4-14H,1-3H3,(H,24,27). The second-order valence-corrected chi connectivity index (χ2v) is 9.35. The molecule has 0 unspecified atom stereocenters. The molecule has 1 amide bonds. The number of methoxy groups -OCH3 is 1. The number of ether oxygens (including phenoxy) is 1. The maximum absolute atomic E-state index is 12.6. The summed E-state index contributed by atoms with van der Waals surface area (Å²) in [5, 5.41) is 2.79. The van der Waals surface area contributed by atoms with Gasteiger partial charge >= 0.3 is 0 Å². The molecule has 32 heavy (non-hydrogen) atoms. The number of carbonyl (C=O) groups is 1. The van der Waals surface area contributed by atoms with Crippen LogP contribution in [-0.2, 0) is 10.0 Å². The molecule has 0 spiro atoms. The van der Waals surface area contributed by atoms with Gasteiger partial charge in [-0.1, -0.05) is 6.07 Å². The molecule has 1 N–H and O–H groups in total. The Bertz CT molecular complexity index is 1390. The molecule has 1 aromatic heterocycles. The molecule has 0 saturated carbocycles. The van der Waals surface area contributed by atoms with E-state index in [4.69, 9.17) is 9.15 Å². The predicted molar refractivity (Wildman–Crippen MR) is 121 cm³/mol. The number of amides is 1. The third-order valence-corrected chi connectivity index (χ3v) is 6.69. The molecule has 0 aliphatic heterocycles. The Morgan fingerprint density at radius 2 is 1.78 bits per heavy atom. The van der Waals surface area contributed by atoms with Crippen LogP contribution in [0.5, 0.6) is 5.75 Å². The molecule has 0 aliphatic rings. The lowest BCUT2D eigenvalue weighted by Gasteiger charge is -2.11. The Morgan fingerprint density at radius 3 is 2.47 bits per heavy atom. The molecule has 0 fully saturated rings. The zero-order chi connectivity index (χ0) is 22.9. The molecule has 0 atom stereocenters. The first kappa shape index (κ1) is 21.5. The molecule has 0 aliphatic carbocycles. The summed E-state index contributed by atoms with van der Waals surface area (Å²) in [4.78, 5) is 17.2. The molecule has 0 bridgehead atoms. The Kier molecular flexibility index (Phi) is 5.68. The van der Waals surface area contributed by atoms with E-state index in [9.17, 15) is 13.2 Å². The first-order valence-electron chi connectivity index (χ1n) is 9.67. The number of aromatic nitrogens is 1. The van der Waals surface area contributed by atoms with Crippen LogP contribution >= 0.6 is 0 Å². The topological polar surface area (TPSA) is 102 Å². The third-order valence-electron chi connectivity index (χ3n) is 4.86. The lowest BCUT2D eigenvalue weighted by atomic mass is 10.2. The van der Waals surface area contributed by atoms with Gasteiger partial charge in [0.05, 0.1) is 12.0 Å². The molecule has 0 radical (unpaired) electrons. The maximum atomic E-state index is 12.6. The molecule has 0 saturated heterocycles. The number of rotatable bonds is 6. The van der Waals surface area contributed by atoms with Gasteiger partial charge in [-0.05, 0) is 54.6 Å². The van der Waals surface area contributed by atoms with Crippen LogP contribution in [0.15, 0.2) is 76.0 Å². The van der Waals surface area contributed by atoms with Crippen molar-refractivity contribution in [3.8, 4) is 17.2 Å². The van der Waals surface area contributed by atoms with Gasteiger partial charge in [0.15, 0.2) is 5.58 Å². The number of anilines is 1. The van der Waals surface area contributed by atoms with Gasteiger partial charge in [-0.15, -0.1) is 0 Å². The number of hydrogen-bond donors (Lipinski definition) is 1. The van der Waals surface area contributed by atoms with Crippen molar-refractivity contribution >= 4 is 32.7 Å². The number of oxazole rings is 1. The van der Waals surface area contributed by atoms with Gasteiger partial charge in [-0.3, -0.25) is 4.79 Å². The van der Waals surface area contributed by atoms with E-state index >= 15 is 0 Å². The molecule has 3 aromatic carbocycles. The molecular weight excluding hydrogens is 430 g/mol. The summed E-state index contributed by atoms with van der Waals surface area (Å²) in [6.07, 6.45) is 0. The number of nitrogens with one attached hydrogen (secondary N) is 1. The lowest BCUT2D eigenvalue weighted by molar-refractivity contribution is 0.102. The highest BCUT2D eigenvalue weighted by Gasteiger charge is 2.18. The fourth-order valence-corrected chi connectivity index (χ4v) is 3.98. The van der Waals surface area contributed by atoms with Gasteiger partial charge in [0, 0.05) is 37.0 Å². The van der Waals surface area contributed by atoms with Gasteiger partial charge in [0.2, 0.25) is 15.9 Å². The normalized spacial score (nSPS) is 11.6. The van der Waals surface area contributed by atoms with E-state index in [1.807, 2.05) is 24.3 Å². The largest absolute Gasteiger partial charge is 0.497 e. The molecule has 4 aromatic rings. The minimum atomic E-state index is -3.55. The van der Waals surface area contributed by atoms with Gasteiger partial charge in [0.1, 0.15) is 11.3 Å². The van der Waals surface area contributed by atoms with Crippen molar-refractivity contribution < 1.29 is 22.4 Å². The summed E-state index contributed by atoms with van der Waals surface area (Å²) in [7, 11) is 0.946. The number of nitrogens with zero attached hydrogens (tertiary/aromatic N) is 2. The summed E-state index contributed by atoms with van der Waals surface area (Å²) in [6.45, 7) is 0. The number of benzene rings is 3. The van der Waals surface area contributed by atoms with Crippen molar-refractivity contribution in [3.05, 3.63) is 72.3 Å². The van der Waals surface area contributed by atoms with Crippen LogP contribution in [0.1, 0.15) is 10.4 Å². The van der Waals surface area contributed by atoms with Gasteiger partial charge in [-0.2, -0.15) is 0 Å². The highest BCUT2D eigenvalue weighted by molar-refractivity contribution is 7.89. The fraction of sp³-hybridized carbons (Fsp3) is 0.130. The molecular formula is C23H21N3O5S. The second kappa shape index (κ2) is 8.45. The average molecular weight is 452 g/mol. The fourth-order valence-electron chi connectivity index (χ4n) is 3.07. The number of carbonyl (C=O) groups excluding carboxylic acids is 1. The highest BCUT2D eigenvalue weighted by Crippen LogP contribution is 2.28. The smallest absolute Gasteiger partial charge is 0.255 e. The van der Waals surface area contributed by atoms with E-state index in [0.29, 0.717) is 34.0 Å². The van der Waals surface area contributed by atoms with Crippen molar-refractivity contribution in [2.45, 2.75) is 4.90 Å². The predicted octanol–water partition coefficient (Wildman–Crippen LogP) is 4.01. The van der Waals surface area contributed by atoms with E-state index in [1.165, 1.54) is 38.4 Å². The van der Waals surface area contributed by atoms with E-state index in [1.54, 1.807) is 25.3 Å². The minimum absolute atomic E-state index is 0.118. The van der Waals surface area contributed by atoms with Crippen LogP contribution in [0.25, 0.3) is 22.6 Å². The quantitative estimate of drug-likeness (QED) is 0.475. The first-order chi connectivity index (χ1) is 15.3. The Hall–Kier alpha value is -3.69. The zero-order valence-electron chi connectivity index (χ0n) is 17.7.